The van der Waals surface area contributed by atoms with Gasteiger partial charge in [-0.1, -0.05) is 19.9 Å². The van der Waals surface area contributed by atoms with Crippen LogP contribution >= 0.6 is 0 Å². The lowest BCUT2D eigenvalue weighted by Gasteiger charge is -2.20. The number of hydrogen-bond acceptors (Lipinski definition) is 3. The number of rotatable bonds is 6. The second kappa shape index (κ2) is 6.48. The first-order valence-corrected chi connectivity index (χ1v) is 6.81. The molecule has 0 amide bonds. The van der Waals surface area contributed by atoms with E-state index in [0.717, 1.165) is 13.0 Å². The van der Waals surface area contributed by atoms with Crippen molar-refractivity contribution in [2.24, 2.45) is 11.7 Å². The van der Waals surface area contributed by atoms with Crippen molar-refractivity contribution >= 4 is 0 Å². The average molecular weight is 258 g/mol. The molecule has 0 spiro atoms. The topological polar surface area (TPSA) is 56.7 Å². The maximum absolute atomic E-state index is 5.89. The van der Waals surface area contributed by atoms with Crippen molar-refractivity contribution < 1.29 is 0 Å². The SMILES string of the molecule is CC(C)C(CN)c1cncn1CCc1cccnc1. The predicted molar refractivity (Wildman–Crippen MR) is 76.8 cm³/mol. The molecule has 102 valence electrons. The third-order valence-electron chi connectivity index (χ3n) is 3.55. The van der Waals surface area contributed by atoms with Gasteiger partial charge in [0, 0.05) is 43.3 Å². The number of aryl methyl sites for hydroxylation is 2. The molecule has 0 aromatic carbocycles. The summed E-state index contributed by atoms with van der Waals surface area (Å²) in [5.41, 5.74) is 8.37. The number of aromatic nitrogens is 3. The highest BCUT2D eigenvalue weighted by Gasteiger charge is 2.17. The van der Waals surface area contributed by atoms with E-state index < -0.39 is 0 Å². The lowest BCUT2D eigenvalue weighted by molar-refractivity contribution is 0.471. The van der Waals surface area contributed by atoms with Gasteiger partial charge in [0.05, 0.1) is 6.33 Å². The lowest BCUT2D eigenvalue weighted by Crippen LogP contribution is -2.21. The molecule has 2 aromatic heterocycles. The van der Waals surface area contributed by atoms with E-state index in [1.165, 1.54) is 11.3 Å². The molecule has 1 atom stereocenters. The fourth-order valence-electron chi connectivity index (χ4n) is 2.36. The van der Waals surface area contributed by atoms with Crippen molar-refractivity contribution in [3.63, 3.8) is 0 Å². The molecule has 0 saturated carbocycles. The summed E-state index contributed by atoms with van der Waals surface area (Å²) in [4.78, 5) is 8.42. The summed E-state index contributed by atoms with van der Waals surface area (Å²) in [6, 6.07) is 4.08. The Bertz CT molecular complexity index is 490. The Morgan fingerprint density at radius 1 is 1.26 bits per heavy atom. The van der Waals surface area contributed by atoms with Crippen LogP contribution in [0.15, 0.2) is 37.1 Å². The van der Waals surface area contributed by atoms with Crippen LogP contribution in [0.4, 0.5) is 0 Å². The highest BCUT2D eigenvalue weighted by molar-refractivity contribution is 5.11. The van der Waals surface area contributed by atoms with Crippen molar-refractivity contribution in [1.82, 2.24) is 14.5 Å². The highest BCUT2D eigenvalue weighted by atomic mass is 15.0. The first kappa shape index (κ1) is 13.7. The summed E-state index contributed by atoms with van der Waals surface area (Å²) in [6.07, 6.45) is 8.53. The standard InChI is InChI=1S/C15H22N4/c1-12(2)14(8-16)15-10-18-11-19(15)7-5-13-4-3-6-17-9-13/h3-4,6,9-12,14H,5,7-8,16H2,1-2H3. The van der Waals surface area contributed by atoms with Crippen molar-refractivity contribution in [3.8, 4) is 0 Å². The van der Waals surface area contributed by atoms with Crippen LogP contribution in [-0.2, 0) is 13.0 Å². The van der Waals surface area contributed by atoms with Crippen LogP contribution in [0.2, 0.25) is 0 Å². The van der Waals surface area contributed by atoms with Gasteiger partial charge in [0.2, 0.25) is 0 Å². The first-order valence-electron chi connectivity index (χ1n) is 6.81. The molecule has 0 aliphatic carbocycles. The molecule has 4 heteroatoms. The average Bonchev–Trinajstić information content (AvgIpc) is 2.86. The zero-order chi connectivity index (χ0) is 13.7. The van der Waals surface area contributed by atoms with Crippen molar-refractivity contribution in [3.05, 3.63) is 48.3 Å². The normalized spacial score (nSPS) is 12.8. The number of nitrogens with two attached hydrogens (primary N) is 1. The maximum Gasteiger partial charge on any atom is 0.0948 e. The zero-order valence-electron chi connectivity index (χ0n) is 11.7. The molecule has 0 aliphatic heterocycles. The zero-order valence-corrected chi connectivity index (χ0v) is 11.7. The molecular formula is C15H22N4. The number of pyridine rings is 1. The van der Waals surface area contributed by atoms with Crippen molar-refractivity contribution in [1.29, 1.82) is 0 Å². The number of nitrogens with zero attached hydrogens (tertiary/aromatic N) is 3. The quantitative estimate of drug-likeness (QED) is 0.864. The molecule has 19 heavy (non-hydrogen) atoms. The summed E-state index contributed by atoms with van der Waals surface area (Å²) in [5, 5.41) is 0. The second-order valence-electron chi connectivity index (χ2n) is 5.21. The number of hydrogen-bond donors (Lipinski definition) is 1. The monoisotopic (exact) mass is 258 g/mol. The Morgan fingerprint density at radius 3 is 2.74 bits per heavy atom. The number of imidazole rings is 1. The van der Waals surface area contributed by atoms with Crippen molar-refractivity contribution in [2.45, 2.75) is 32.7 Å². The largest absolute Gasteiger partial charge is 0.334 e. The molecule has 0 saturated heterocycles. The Kier molecular flexibility index (Phi) is 4.68. The minimum absolute atomic E-state index is 0.372. The van der Waals surface area contributed by atoms with E-state index in [-0.39, 0.29) is 0 Å². The van der Waals surface area contributed by atoms with Gasteiger partial charge in [-0.3, -0.25) is 4.98 Å². The van der Waals surface area contributed by atoms with Crippen LogP contribution in [0.1, 0.15) is 31.0 Å². The summed E-state index contributed by atoms with van der Waals surface area (Å²) in [7, 11) is 0. The van der Waals surface area contributed by atoms with Crippen LogP contribution in [0.3, 0.4) is 0 Å². The van der Waals surface area contributed by atoms with Gasteiger partial charge in [-0.15, -0.1) is 0 Å². The van der Waals surface area contributed by atoms with Crippen LogP contribution in [0.5, 0.6) is 0 Å². The van der Waals surface area contributed by atoms with Crippen LogP contribution in [0.25, 0.3) is 0 Å². The molecular weight excluding hydrogens is 236 g/mol. The van der Waals surface area contributed by atoms with Gasteiger partial charge in [0.1, 0.15) is 0 Å². The molecule has 2 heterocycles. The third kappa shape index (κ3) is 3.41. The van der Waals surface area contributed by atoms with Crippen LogP contribution < -0.4 is 5.73 Å². The van der Waals surface area contributed by atoms with Gasteiger partial charge in [0.25, 0.3) is 0 Å². The van der Waals surface area contributed by atoms with Crippen LogP contribution in [-0.4, -0.2) is 21.1 Å². The lowest BCUT2D eigenvalue weighted by atomic mass is 9.93. The summed E-state index contributed by atoms with van der Waals surface area (Å²) in [5.74, 6) is 0.898. The third-order valence-corrected chi connectivity index (χ3v) is 3.55. The summed E-state index contributed by atoms with van der Waals surface area (Å²) < 4.78 is 2.21. The second-order valence-corrected chi connectivity index (χ2v) is 5.21. The first-order chi connectivity index (χ1) is 9.22. The van der Waals surface area contributed by atoms with Gasteiger partial charge in [-0.05, 0) is 24.0 Å². The maximum atomic E-state index is 5.89. The summed E-state index contributed by atoms with van der Waals surface area (Å²) in [6.45, 7) is 5.99. The van der Waals surface area contributed by atoms with Gasteiger partial charge in [0.15, 0.2) is 0 Å². The molecule has 2 N–H and O–H groups in total. The van der Waals surface area contributed by atoms with Crippen LogP contribution in [0, 0.1) is 5.92 Å². The van der Waals surface area contributed by atoms with E-state index >= 15 is 0 Å². The molecule has 1 unspecified atom stereocenters. The van der Waals surface area contributed by atoms with Crippen molar-refractivity contribution in [2.75, 3.05) is 6.54 Å². The van der Waals surface area contributed by atoms with E-state index in [1.807, 2.05) is 24.8 Å². The molecule has 2 rings (SSSR count). The molecule has 0 radical (unpaired) electrons. The minimum atomic E-state index is 0.372. The fourth-order valence-corrected chi connectivity index (χ4v) is 2.36. The Morgan fingerprint density at radius 2 is 2.11 bits per heavy atom. The predicted octanol–water partition coefficient (Wildman–Crippen LogP) is 2.22. The Labute approximate surface area is 114 Å². The molecule has 2 aromatic rings. The van der Waals surface area contributed by atoms with Gasteiger partial charge < -0.3 is 10.3 Å². The van der Waals surface area contributed by atoms with E-state index in [9.17, 15) is 0 Å². The van der Waals surface area contributed by atoms with E-state index in [1.54, 1.807) is 6.20 Å². The summed E-state index contributed by atoms with van der Waals surface area (Å²) >= 11 is 0. The smallest absolute Gasteiger partial charge is 0.0948 e. The van der Waals surface area contributed by atoms with E-state index in [0.29, 0.717) is 18.4 Å². The Hall–Kier alpha value is -1.68. The molecule has 4 nitrogen and oxygen atoms in total. The van der Waals surface area contributed by atoms with E-state index in [4.69, 9.17) is 5.73 Å². The van der Waals surface area contributed by atoms with Gasteiger partial charge >= 0.3 is 0 Å². The molecule has 0 bridgehead atoms. The van der Waals surface area contributed by atoms with Gasteiger partial charge in [-0.25, -0.2) is 4.98 Å². The van der Waals surface area contributed by atoms with Gasteiger partial charge in [-0.2, -0.15) is 0 Å². The Balaban J connectivity index is 2.07. The van der Waals surface area contributed by atoms with E-state index in [2.05, 4.69) is 34.4 Å². The minimum Gasteiger partial charge on any atom is -0.334 e. The highest BCUT2D eigenvalue weighted by Crippen LogP contribution is 2.23. The molecule has 0 fully saturated rings. The fraction of sp³-hybridized carbons (Fsp3) is 0.467. The molecule has 0 aliphatic rings.